The third-order valence-electron chi connectivity index (χ3n) is 6.13. The highest BCUT2D eigenvalue weighted by Gasteiger charge is 2.37. The highest BCUT2D eigenvalue weighted by atomic mass is 16.5. The Bertz CT molecular complexity index is 996. The summed E-state index contributed by atoms with van der Waals surface area (Å²) in [4.78, 5) is 16.0. The predicted molar refractivity (Wildman–Crippen MR) is 115 cm³/mol. The van der Waals surface area contributed by atoms with Crippen LogP contribution in [-0.4, -0.2) is 47.1 Å². The average Bonchev–Trinajstić information content (AvgIpc) is 3.06. The molecular weight excluding hydrogens is 348 g/mol. The number of aryl methyl sites for hydroxylation is 1. The van der Waals surface area contributed by atoms with Crippen molar-refractivity contribution >= 4 is 27.6 Å². The predicted octanol–water partition coefficient (Wildman–Crippen LogP) is 4.89. The van der Waals surface area contributed by atoms with E-state index in [9.17, 15) is 4.79 Å². The van der Waals surface area contributed by atoms with Crippen LogP contribution in [0.4, 0.5) is 0 Å². The van der Waals surface area contributed by atoms with Gasteiger partial charge in [-0.2, -0.15) is 0 Å². The molecule has 0 spiro atoms. The normalized spacial score (nSPS) is 16.1. The Kier molecular flexibility index (Phi) is 5.26. The maximum absolute atomic E-state index is 13.8. The molecule has 2 heterocycles. The molecule has 4 nitrogen and oxygen atoms in total. The highest BCUT2D eigenvalue weighted by molar-refractivity contribution is 6.18. The Morgan fingerprint density at radius 1 is 1.04 bits per heavy atom. The maximum Gasteiger partial charge on any atom is 0.184 e. The molecular formula is C24H30N2O2. The minimum absolute atomic E-state index is 0.195. The Labute approximate surface area is 167 Å². The van der Waals surface area contributed by atoms with Crippen molar-refractivity contribution in [2.45, 2.75) is 45.7 Å². The molecule has 1 aliphatic rings. The van der Waals surface area contributed by atoms with Crippen LogP contribution in [0.1, 0.15) is 44.0 Å². The van der Waals surface area contributed by atoms with Crippen LogP contribution in [0.5, 0.6) is 0 Å². The monoisotopic (exact) mass is 378 g/mol. The molecule has 0 radical (unpaired) electrons. The van der Waals surface area contributed by atoms with E-state index in [2.05, 4.69) is 60.6 Å². The van der Waals surface area contributed by atoms with Gasteiger partial charge < -0.3 is 9.30 Å². The Balaban J connectivity index is 1.88. The minimum atomic E-state index is -0.551. The van der Waals surface area contributed by atoms with Crippen molar-refractivity contribution < 1.29 is 9.53 Å². The lowest BCUT2D eigenvalue weighted by Crippen LogP contribution is -2.54. The number of fused-ring (bicyclic) bond motifs is 3. The fourth-order valence-corrected chi connectivity index (χ4v) is 4.44. The molecule has 1 saturated heterocycles. The van der Waals surface area contributed by atoms with Crippen LogP contribution in [-0.2, 0) is 11.3 Å². The summed E-state index contributed by atoms with van der Waals surface area (Å²) >= 11 is 0. The summed E-state index contributed by atoms with van der Waals surface area (Å²) < 4.78 is 7.85. The van der Waals surface area contributed by atoms with Gasteiger partial charge in [0.15, 0.2) is 5.78 Å². The molecule has 3 aromatic rings. The van der Waals surface area contributed by atoms with Crippen LogP contribution < -0.4 is 0 Å². The highest BCUT2D eigenvalue weighted by Crippen LogP contribution is 2.34. The number of hydrogen-bond donors (Lipinski definition) is 0. The number of unbranched alkanes of at least 4 members (excludes halogenated alkanes) is 1. The summed E-state index contributed by atoms with van der Waals surface area (Å²) in [5.41, 5.74) is 2.59. The summed E-state index contributed by atoms with van der Waals surface area (Å²) in [6, 6.07) is 14.7. The van der Waals surface area contributed by atoms with Gasteiger partial charge >= 0.3 is 0 Å². The molecule has 148 valence electrons. The SMILES string of the molecule is CCCCn1c2ccccc2c2cccc(C(=O)C(C)(C)N3CCOCC3)c21. The standard InChI is InChI=1S/C24H30N2O2/c1-4-5-13-26-21-12-7-6-9-18(21)19-10-8-11-20(22(19)26)23(27)24(2,3)25-14-16-28-17-15-25/h6-12H,4-5,13-17H2,1-3H3. The summed E-state index contributed by atoms with van der Waals surface area (Å²) in [6.45, 7) is 10.2. The van der Waals surface area contributed by atoms with Crippen LogP contribution >= 0.6 is 0 Å². The summed E-state index contributed by atoms with van der Waals surface area (Å²) in [5, 5.41) is 2.41. The topological polar surface area (TPSA) is 34.5 Å². The summed E-state index contributed by atoms with van der Waals surface area (Å²) in [7, 11) is 0. The number of ether oxygens (including phenoxy) is 1. The second-order valence-corrected chi connectivity index (χ2v) is 8.21. The zero-order valence-electron chi connectivity index (χ0n) is 17.2. The third kappa shape index (κ3) is 3.15. The van der Waals surface area contributed by atoms with E-state index in [4.69, 9.17) is 4.74 Å². The second kappa shape index (κ2) is 7.69. The second-order valence-electron chi connectivity index (χ2n) is 8.21. The molecule has 1 fully saturated rings. The Morgan fingerprint density at radius 2 is 1.75 bits per heavy atom. The van der Waals surface area contributed by atoms with Crippen LogP contribution in [0.25, 0.3) is 21.8 Å². The molecule has 0 unspecified atom stereocenters. The lowest BCUT2D eigenvalue weighted by molar-refractivity contribution is -0.00424. The quantitative estimate of drug-likeness (QED) is 0.573. The van der Waals surface area contributed by atoms with E-state index in [1.165, 1.54) is 16.3 Å². The number of rotatable bonds is 6. The van der Waals surface area contributed by atoms with E-state index in [-0.39, 0.29) is 5.78 Å². The number of carbonyl (C=O) groups is 1. The Hall–Kier alpha value is -2.17. The molecule has 1 aromatic heterocycles. The average molecular weight is 379 g/mol. The minimum Gasteiger partial charge on any atom is -0.379 e. The fourth-order valence-electron chi connectivity index (χ4n) is 4.44. The summed E-state index contributed by atoms with van der Waals surface area (Å²) in [5.74, 6) is 0.195. The molecule has 0 aliphatic carbocycles. The van der Waals surface area contributed by atoms with Gasteiger partial charge in [0.2, 0.25) is 0 Å². The number of nitrogens with zero attached hydrogens (tertiary/aromatic N) is 2. The first-order chi connectivity index (χ1) is 13.6. The van der Waals surface area contributed by atoms with Gasteiger partial charge in [-0.05, 0) is 32.4 Å². The van der Waals surface area contributed by atoms with Gasteiger partial charge in [-0.15, -0.1) is 0 Å². The molecule has 0 amide bonds. The van der Waals surface area contributed by atoms with Crippen molar-refractivity contribution in [2.24, 2.45) is 0 Å². The van der Waals surface area contributed by atoms with Gasteiger partial charge in [0, 0.05) is 41.5 Å². The lowest BCUT2D eigenvalue weighted by atomic mass is 9.89. The largest absolute Gasteiger partial charge is 0.379 e. The lowest BCUT2D eigenvalue weighted by Gasteiger charge is -2.39. The molecule has 1 aliphatic heterocycles. The van der Waals surface area contributed by atoms with Gasteiger partial charge in [0.25, 0.3) is 0 Å². The van der Waals surface area contributed by atoms with Crippen molar-refractivity contribution in [3.05, 3.63) is 48.0 Å². The van der Waals surface area contributed by atoms with Crippen molar-refractivity contribution in [3.8, 4) is 0 Å². The number of para-hydroxylation sites is 2. The van der Waals surface area contributed by atoms with Crippen molar-refractivity contribution in [2.75, 3.05) is 26.3 Å². The molecule has 28 heavy (non-hydrogen) atoms. The Morgan fingerprint density at radius 3 is 2.50 bits per heavy atom. The van der Waals surface area contributed by atoms with Crippen molar-refractivity contribution in [1.82, 2.24) is 9.47 Å². The number of benzene rings is 2. The van der Waals surface area contributed by atoms with Gasteiger partial charge in [-0.25, -0.2) is 0 Å². The van der Waals surface area contributed by atoms with Gasteiger partial charge in [0.1, 0.15) is 0 Å². The van der Waals surface area contributed by atoms with Gasteiger partial charge in [-0.3, -0.25) is 9.69 Å². The number of hydrogen-bond acceptors (Lipinski definition) is 3. The molecule has 4 rings (SSSR count). The third-order valence-corrected chi connectivity index (χ3v) is 6.13. The molecule has 0 N–H and O–H groups in total. The van der Waals surface area contributed by atoms with Crippen molar-refractivity contribution in [1.29, 1.82) is 0 Å². The zero-order valence-corrected chi connectivity index (χ0v) is 17.2. The smallest absolute Gasteiger partial charge is 0.184 e. The van der Waals surface area contributed by atoms with Crippen LogP contribution in [0, 0.1) is 0 Å². The maximum atomic E-state index is 13.8. The number of aromatic nitrogens is 1. The zero-order chi connectivity index (χ0) is 19.7. The number of carbonyl (C=O) groups excluding carboxylic acids is 1. The molecule has 2 aromatic carbocycles. The van der Waals surface area contributed by atoms with E-state index < -0.39 is 5.54 Å². The number of morpholine rings is 1. The number of Topliss-reactive ketones (excluding diaryl/α,β-unsaturated/α-hetero) is 1. The van der Waals surface area contributed by atoms with E-state index >= 15 is 0 Å². The fraction of sp³-hybridized carbons (Fsp3) is 0.458. The van der Waals surface area contributed by atoms with Crippen LogP contribution in [0.2, 0.25) is 0 Å². The first-order valence-electron chi connectivity index (χ1n) is 10.4. The van der Waals surface area contributed by atoms with E-state index in [0.29, 0.717) is 13.2 Å². The van der Waals surface area contributed by atoms with Crippen molar-refractivity contribution in [3.63, 3.8) is 0 Å². The first kappa shape index (κ1) is 19.2. The molecule has 4 heteroatoms. The summed E-state index contributed by atoms with van der Waals surface area (Å²) in [6.07, 6.45) is 2.23. The molecule has 0 atom stereocenters. The molecule has 0 bridgehead atoms. The van der Waals surface area contributed by atoms with Crippen LogP contribution in [0.15, 0.2) is 42.5 Å². The van der Waals surface area contributed by atoms with Crippen LogP contribution in [0.3, 0.4) is 0 Å². The van der Waals surface area contributed by atoms with E-state index in [1.807, 2.05) is 12.1 Å². The van der Waals surface area contributed by atoms with Gasteiger partial charge in [-0.1, -0.05) is 43.7 Å². The van der Waals surface area contributed by atoms with E-state index in [1.54, 1.807) is 0 Å². The van der Waals surface area contributed by atoms with E-state index in [0.717, 1.165) is 43.6 Å². The molecule has 0 saturated carbocycles. The first-order valence-corrected chi connectivity index (χ1v) is 10.4. The number of ketones is 1. The van der Waals surface area contributed by atoms with Gasteiger partial charge in [0.05, 0.1) is 24.3 Å².